The van der Waals surface area contributed by atoms with Crippen molar-refractivity contribution in [2.24, 2.45) is 0 Å². The smallest absolute Gasteiger partial charge is 0.406 e. The first kappa shape index (κ1) is 22.0. The lowest BCUT2D eigenvalue weighted by molar-refractivity contribution is 0.277. The van der Waals surface area contributed by atoms with Crippen molar-refractivity contribution in [3.63, 3.8) is 0 Å². The van der Waals surface area contributed by atoms with E-state index in [0.717, 1.165) is 5.69 Å². The average Bonchev–Trinajstić information content (AvgIpc) is 2.68. The number of hydrogen-bond donors (Lipinski definition) is 2. The summed E-state index contributed by atoms with van der Waals surface area (Å²) in [7, 11) is -2.30. The van der Waals surface area contributed by atoms with Crippen molar-refractivity contribution in [2.45, 2.75) is 52.6 Å². The van der Waals surface area contributed by atoms with Gasteiger partial charge in [-0.3, -0.25) is 0 Å². The fourth-order valence-corrected chi connectivity index (χ4v) is 4.38. The van der Waals surface area contributed by atoms with Crippen LogP contribution in [-0.4, -0.2) is 27.3 Å². The van der Waals surface area contributed by atoms with E-state index >= 15 is 0 Å². The molecule has 2 aromatic rings. The maximum atomic E-state index is 13.9. The zero-order valence-corrected chi connectivity index (χ0v) is 18.0. The van der Waals surface area contributed by atoms with Crippen molar-refractivity contribution in [1.82, 2.24) is 9.97 Å². The lowest BCUT2D eigenvalue weighted by Gasteiger charge is -2.34. The highest BCUT2D eigenvalue weighted by Gasteiger charge is 2.47. The largest absolute Gasteiger partial charge is 0.504 e. The number of nitrogens with zero attached hydrogens (tertiary/aromatic N) is 2. The molecular formula is C19H28N3O5P. The van der Waals surface area contributed by atoms with Gasteiger partial charge < -0.3 is 14.4 Å². The second kappa shape index (κ2) is 8.80. The number of aryl methyl sites for hydroxylation is 2. The molecule has 0 aliphatic carbocycles. The van der Waals surface area contributed by atoms with E-state index in [2.05, 4.69) is 15.4 Å². The maximum absolute atomic E-state index is 13.9. The molecule has 2 rings (SSSR count). The first-order chi connectivity index (χ1) is 13.2. The number of nitrogens with one attached hydrogen (secondary N) is 1. The third-order valence-electron chi connectivity index (χ3n) is 4.92. The van der Waals surface area contributed by atoms with Gasteiger partial charge >= 0.3 is 7.60 Å². The molecule has 0 radical (unpaired) electrons. The SMILES string of the molecule is CCC(C)(CC)P(=O)(ONc1nccc(C)n1)Oc1cc(C)c(O)c(OC)c1. The summed E-state index contributed by atoms with van der Waals surface area (Å²) < 4.78 is 30.5. The predicted octanol–water partition coefficient (Wildman–Crippen LogP) is 5.00. The Balaban J connectivity index is 2.39. The van der Waals surface area contributed by atoms with E-state index in [1.54, 1.807) is 25.3 Å². The number of ether oxygens (including phenoxy) is 1. The minimum atomic E-state index is -3.74. The molecule has 0 aliphatic rings. The summed E-state index contributed by atoms with van der Waals surface area (Å²) in [4.78, 5) is 8.25. The number of methoxy groups -OCH3 is 1. The van der Waals surface area contributed by atoms with Crippen LogP contribution in [0.3, 0.4) is 0 Å². The normalized spacial score (nSPS) is 13.6. The summed E-state index contributed by atoms with van der Waals surface area (Å²) >= 11 is 0. The predicted molar refractivity (Wildman–Crippen MR) is 108 cm³/mol. The van der Waals surface area contributed by atoms with Crippen LogP contribution >= 0.6 is 7.60 Å². The highest BCUT2D eigenvalue weighted by Crippen LogP contribution is 2.62. The first-order valence-electron chi connectivity index (χ1n) is 9.09. The Bertz CT molecular complexity index is 871. The topological polar surface area (TPSA) is 103 Å². The Morgan fingerprint density at radius 3 is 2.50 bits per heavy atom. The Morgan fingerprint density at radius 1 is 1.25 bits per heavy atom. The quantitative estimate of drug-likeness (QED) is 0.440. The van der Waals surface area contributed by atoms with Crippen molar-refractivity contribution in [1.29, 1.82) is 0 Å². The van der Waals surface area contributed by atoms with Crippen LogP contribution in [-0.2, 0) is 9.19 Å². The van der Waals surface area contributed by atoms with Crippen LogP contribution in [0, 0.1) is 13.8 Å². The van der Waals surface area contributed by atoms with E-state index in [-0.39, 0.29) is 23.2 Å². The molecule has 0 saturated carbocycles. The molecule has 0 fully saturated rings. The second-order valence-electron chi connectivity index (χ2n) is 6.80. The van der Waals surface area contributed by atoms with E-state index in [0.29, 0.717) is 18.4 Å². The van der Waals surface area contributed by atoms with E-state index in [9.17, 15) is 9.67 Å². The van der Waals surface area contributed by atoms with Gasteiger partial charge in [0.1, 0.15) is 5.75 Å². The molecule has 0 amide bonds. The average molecular weight is 409 g/mol. The number of aromatic nitrogens is 2. The van der Waals surface area contributed by atoms with Gasteiger partial charge in [-0.15, -0.1) is 0 Å². The fraction of sp³-hybridized carbons (Fsp3) is 0.474. The minimum absolute atomic E-state index is 0.00521. The summed E-state index contributed by atoms with van der Waals surface area (Å²) in [6, 6.07) is 4.81. The summed E-state index contributed by atoms with van der Waals surface area (Å²) in [5.41, 5.74) is 3.86. The van der Waals surface area contributed by atoms with Gasteiger partial charge in [-0.05, 0) is 51.3 Å². The molecular weight excluding hydrogens is 381 g/mol. The third-order valence-corrected chi connectivity index (χ3v) is 7.66. The van der Waals surface area contributed by atoms with Crippen LogP contribution in [0.4, 0.5) is 5.95 Å². The maximum Gasteiger partial charge on any atom is 0.406 e. The molecule has 8 nitrogen and oxygen atoms in total. The van der Waals surface area contributed by atoms with E-state index < -0.39 is 12.8 Å². The van der Waals surface area contributed by atoms with E-state index in [1.807, 2.05) is 27.7 Å². The molecule has 28 heavy (non-hydrogen) atoms. The lowest BCUT2D eigenvalue weighted by Crippen LogP contribution is -2.28. The van der Waals surface area contributed by atoms with Crippen molar-refractivity contribution < 1.29 is 23.6 Å². The van der Waals surface area contributed by atoms with Gasteiger partial charge in [0, 0.05) is 18.0 Å². The zero-order chi connectivity index (χ0) is 20.9. The molecule has 2 N–H and O–H groups in total. The molecule has 0 bridgehead atoms. The molecule has 9 heteroatoms. The van der Waals surface area contributed by atoms with Crippen molar-refractivity contribution >= 4 is 13.5 Å². The van der Waals surface area contributed by atoms with Crippen molar-refractivity contribution in [2.75, 3.05) is 12.6 Å². The fourth-order valence-electron chi connectivity index (χ4n) is 2.54. The molecule has 0 aliphatic heterocycles. The van der Waals surface area contributed by atoms with Crippen LogP contribution in [0.25, 0.3) is 0 Å². The van der Waals surface area contributed by atoms with Gasteiger partial charge in [0.2, 0.25) is 5.95 Å². The molecule has 1 unspecified atom stereocenters. The molecule has 0 spiro atoms. The number of anilines is 1. The summed E-state index contributed by atoms with van der Waals surface area (Å²) in [6.45, 7) is 9.21. The van der Waals surface area contributed by atoms with Gasteiger partial charge in [-0.25, -0.2) is 20.0 Å². The summed E-state index contributed by atoms with van der Waals surface area (Å²) in [6.07, 6.45) is 2.70. The minimum Gasteiger partial charge on any atom is -0.504 e. The van der Waals surface area contributed by atoms with Gasteiger partial charge in [0.15, 0.2) is 11.5 Å². The monoisotopic (exact) mass is 409 g/mol. The van der Waals surface area contributed by atoms with Crippen LogP contribution in [0.5, 0.6) is 17.2 Å². The zero-order valence-electron chi connectivity index (χ0n) is 17.1. The second-order valence-corrected chi connectivity index (χ2v) is 9.24. The number of phenolic OH excluding ortho intramolecular Hbond substituents is 1. The molecule has 1 aromatic heterocycles. The number of hydrogen-bond acceptors (Lipinski definition) is 8. The molecule has 1 aromatic carbocycles. The molecule has 1 atom stereocenters. The van der Waals surface area contributed by atoms with Crippen LogP contribution in [0.15, 0.2) is 24.4 Å². The van der Waals surface area contributed by atoms with E-state index in [1.165, 1.54) is 13.2 Å². The standard InChI is InChI=1S/C19H28N3O5P/c1-7-19(5,8-2)28(24,27-22-18-20-10-9-14(4)21-18)26-15-11-13(3)17(23)16(12-15)25-6/h9-12,23H,7-8H2,1-6H3,(H,20,21,22). The van der Waals surface area contributed by atoms with Crippen LogP contribution < -0.4 is 14.7 Å². The van der Waals surface area contributed by atoms with Gasteiger partial charge in [-0.2, -0.15) is 4.62 Å². The Labute approximate surface area is 165 Å². The molecule has 0 saturated heterocycles. The Kier molecular flexibility index (Phi) is 6.91. The van der Waals surface area contributed by atoms with Crippen LogP contribution in [0.2, 0.25) is 0 Å². The Morgan fingerprint density at radius 2 is 1.93 bits per heavy atom. The third kappa shape index (κ3) is 4.56. The van der Waals surface area contributed by atoms with Crippen LogP contribution in [0.1, 0.15) is 44.9 Å². The summed E-state index contributed by atoms with van der Waals surface area (Å²) in [5.74, 6) is 0.699. The van der Waals surface area contributed by atoms with Gasteiger partial charge in [0.25, 0.3) is 0 Å². The van der Waals surface area contributed by atoms with Gasteiger partial charge in [-0.1, -0.05) is 13.8 Å². The Hall–Kier alpha value is -2.31. The van der Waals surface area contributed by atoms with Gasteiger partial charge in [0.05, 0.1) is 12.3 Å². The van der Waals surface area contributed by atoms with Crippen molar-refractivity contribution in [3.8, 4) is 17.2 Å². The number of rotatable bonds is 9. The molecule has 154 valence electrons. The van der Waals surface area contributed by atoms with E-state index in [4.69, 9.17) is 13.9 Å². The highest BCUT2D eigenvalue weighted by molar-refractivity contribution is 7.56. The number of aromatic hydroxyl groups is 1. The first-order valence-corrected chi connectivity index (χ1v) is 10.6. The van der Waals surface area contributed by atoms with Crippen molar-refractivity contribution in [3.05, 3.63) is 35.7 Å². The number of phenols is 1. The lowest BCUT2D eigenvalue weighted by atomic mass is 10.1. The highest BCUT2D eigenvalue weighted by atomic mass is 31.2. The number of benzene rings is 1. The molecule has 1 heterocycles. The summed E-state index contributed by atoms with van der Waals surface area (Å²) in [5, 5.41) is 9.28.